The van der Waals surface area contributed by atoms with Gasteiger partial charge < -0.3 is 20.1 Å². The standard InChI is InChI=1S/C11H20N2O4/c1-8(2)9(10(14)15)7-12-11(16)13-3-5-17-6-4-13/h8-9H,3-7H2,1-2H3,(H,12,16)(H,14,15). The highest BCUT2D eigenvalue weighted by Crippen LogP contribution is 2.10. The van der Waals surface area contributed by atoms with E-state index in [1.54, 1.807) is 4.90 Å². The van der Waals surface area contributed by atoms with E-state index in [-0.39, 0.29) is 18.5 Å². The lowest BCUT2D eigenvalue weighted by molar-refractivity contribution is -0.142. The Labute approximate surface area is 101 Å². The SMILES string of the molecule is CC(C)C(CNC(=O)N1CCOCC1)C(=O)O. The van der Waals surface area contributed by atoms with E-state index in [0.29, 0.717) is 26.3 Å². The van der Waals surface area contributed by atoms with Gasteiger partial charge >= 0.3 is 12.0 Å². The molecule has 1 heterocycles. The van der Waals surface area contributed by atoms with Gasteiger partial charge in [-0.3, -0.25) is 4.79 Å². The molecule has 6 nitrogen and oxygen atoms in total. The van der Waals surface area contributed by atoms with Gasteiger partial charge in [0.15, 0.2) is 0 Å². The molecule has 98 valence electrons. The molecule has 1 aliphatic heterocycles. The molecule has 0 radical (unpaired) electrons. The number of nitrogens with one attached hydrogen (secondary N) is 1. The summed E-state index contributed by atoms with van der Waals surface area (Å²) in [6.45, 7) is 6.04. The summed E-state index contributed by atoms with van der Waals surface area (Å²) >= 11 is 0. The number of ether oxygens (including phenoxy) is 1. The Hall–Kier alpha value is -1.30. The van der Waals surface area contributed by atoms with Crippen LogP contribution in [0.15, 0.2) is 0 Å². The molecule has 0 bridgehead atoms. The van der Waals surface area contributed by atoms with Crippen LogP contribution < -0.4 is 5.32 Å². The molecule has 1 rings (SSSR count). The van der Waals surface area contributed by atoms with E-state index >= 15 is 0 Å². The van der Waals surface area contributed by atoms with Gasteiger partial charge in [0.1, 0.15) is 0 Å². The predicted octanol–water partition coefficient (Wildman–Crippen LogP) is 0.385. The summed E-state index contributed by atoms with van der Waals surface area (Å²) in [7, 11) is 0. The Morgan fingerprint density at radius 1 is 1.35 bits per heavy atom. The summed E-state index contributed by atoms with van der Waals surface area (Å²) in [5.74, 6) is -1.42. The van der Waals surface area contributed by atoms with Crippen molar-refractivity contribution in [1.82, 2.24) is 10.2 Å². The van der Waals surface area contributed by atoms with E-state index in [1.165, 1.54) is 0 Å². The number of aliphatic carboxylic acids is 1. The fraction of sp³-hybridized carbons (Fsp3) is 0.818. The molecule has 0 aromatic rings. The van der Waals surface area contributed by atoms with Gasteiger partial charge in [-0.25, -0.2) is 4.79 Å². The fourth-order valence-electron chi connectivity index (χ4n) is 1.68. The van der Waals surface area contributed by atoms with Crippen LogP contribution in [-0.2, 0) is 9.53 Å². The third kappa shape index (κ3) is 4.22. The molecule has 0 aliphatic carbocycles. The average Bonchev–Trinajstić information content (AvgIpc) is 2.29. The summed E-state index contributed by atoms with van der Waals surface area (Å²) < 4.78 is 5.14. The van der Waals surface area contributed by atoms with Crippen molar-refractivity contribution in [3.8, 4) is 0 Å². The second-order valence-corrected chi connectivity index (χ2v) is 4.47. The quantitative estimate of drug-likeness (QED) is 0.749. The number of carboxylic acid groups (broad SMARTS) is 1. The van der Waals surface area contributed by atoms with E-state index in [1.807, 2.05) is 13.8 Å². The molecule has 1 aliphatic rings. The van der Waals surface area contributed by atoms with Crippen molar-refractivity contribution < 1.29 is 19.4 Å². The molecule has 1 fully saturated rings. The number of nitrogens with zero attached hydrogens (tertiary/aromatic N) is 1. The molecular weight excluding hydrogens is 224 g/mol. The average molecular weight is 244 g/mol. The summed E-state index contributed by atoms with van der Waals surface area (Å²) in [6.07, 6.45) is 0. The molecule has 0 aromatic carbocycles. The molecule has 1 atom stereocenters. The van der Waals surface area contributed by atoms with E-state index in [9.17, 15) is 9.59 Å². The summed E-state index contributed by atoms with van der Waals surface area (Å²) in [4.78, 5) is 24.3. The third-order valence-electron chi connectivity index (χ3n) is 2.89. The number of carbonyl (C=O) groups excluding carboxylic acids is 1. The molecule has 6 heteroatoms. The number of amides is 2. The van der Waals surface area contributed by atoms with Crippen molar-refractivity contribution in [3.63, 3.8) is 0 Å². The lowest BCUT2D eigenvalue weighted by Crippen LogP contribution is -2.48. The summed E-state index contributed by atoms with van der Waals surface area (Å²) in [6, 6.07) is -0.208. The summed E-state index contributed by atoms with van der Waals surface area (Å²) in [5, 5.41) is 11.6. The summed E-state index contributed by atoms with van der Waals surface area (Å²) in [5.41, 5.74) is 0. The van der Waals surface area contributed by atoms with Crippen molar-refractivity contribution in [2.45, 2.75) is 13.8 Å². The minimum Gasteiger partial charge on any atom is -0.481 e. The highest BCUT2D eigenvalue weighted by Gasteiger charge is 2.23. The number of morpholine rings is 1. The zero-order valence-corrected chi connectivity index (χ0v) is 10.3. The number of urea groups is 1. The second-order valence-electron chi connectivity index (χ2n) is 4.47. The van der Waals surface area contributed by atoms with Crippen molar-refractivity contribution in [2.24, 2.45) is 11.8 Å². The lowest BCUT2D eigenvalue weighted by Gasteiger charge is -2.27. The normalized spacial score (nSPS) is 17.9. The smallest absolute Gasteiger partial charge is 0.317 e. The molecule has 1 saturated heterocycles. The maximum atomic E-state index is 11.7. The minimum absolute atomic E-state index is 0.00232. The Morgan fingerprint density at radius 2 is 1.94 bits per heavy atom. The molecule has 2 N–H and O–H groups in total. The molecule has 0 saturated carbocycles. The Balaban J connectivity index is 2.37. The van der Waals surface area contributed by atoms with Crippen LogP contribution in [0.3, 0.4) is 0 Å². The number of carboxylic acids is 1. The first-order chi connectivity index (χ1) is 8.02. The monoisotopic (exact) mass is 244 g/mol. The van der Waals surface area contributed by atoms with Crippen LogP contribution in [0.1, 0.15) is 13.8 Å². The Kier molecular flexibility index (Phi) is 5.21. The van der Waals surface area contributed by atoms with Crippen molar-refractivity contribution in [1.29, 1.82) is 0 Å². The van der Waals surface area contributed by atoms with Crippen LogP contribution in [0, 0.1) is 11.8 Å². The Bertz CT molecular complexity index is 275. The zero-order valence-electron chi connectivity index (χ0n) is 10.3. The van der Waals surface area contributed by atoms with Gasteiger partial charge in [-0.1, -0.05) is 13.8 Å². The molecule has 0 spiro atoms. The zero-order chi connectivity index (χ0) is 12.8. The van der Waals surface area contributed by atoms with Crippen molar-refractivity contribution >= 4 is 12.0 Å². The van der Waals surface area contributed by atoms with Crippen LogP contribution in [0.5, 0.6) is 0 Å². The maximum Gasteiger partial charge on any atom is 0.317 e. The van der Waals surface area contributed by atoms with Gasteiger partial charge in [-0.2, -0.15) is 0 Å². The van der Waals surface area contributed by atoms with E-state index < -0.39 is 11.9 Å². The van der Waals surface area contributed by atoms with Gasteiger partial charge in [-0.05, 0) is 5.92 Å². The molecule has 1 unspecified atom stereocenters. The van der Waals surface area contributed by atoms with Gasteiger partial charge in [0, 0.05) is 19.6 Å². The first-order valence-corrected chi connectivity index (χ1v) is 5.85. The van der Waals surface area contributed by atoms with E-state index in [2.05, 4.69) is 5.32 Å². The topological polar surface area (TPSA) is 78.9 Å². The molecular formula is C11H20N2O4. The first-order valence-electron chi connectivity index (χ1n) is 5.85. The van der Waals surface area contributed by atoms with Crippen LogP contribution in [0.2, 0.25) is 0 Å². The van der Waals surface area contributed by atoms with Gasteiger partial charge in [0.25, 0.3) is 0 Å². The Morgan fingerprint density at radius 3 is 2.41 bits per heavy atom. The molecule has 17 heavy (non-hydrogen) atoms. The minimum atomic E-state index is -0.873. The highest BCUT2D eigenvalue weighted by atomic mass is 16.5. The number of carbonyl (C=O) groups is 2. The molecule has 2 amide bonds. The van der Waals surface area contributed by atoms with Crippen molar-refractivity contribution in [3.05, 3.63) is 0 Å². The van der Waals surface area contributed by atoms with Crippen molar-refractivity contribution in [2.75, 3.05) is 32.8 Å². The van der Waals surface area contributed by atoms with Crippen LogP contribution in [0.25, 0.3) is 0 Å². The predicted molar refractivity (Wildman–Crippen MR) is 61.8 cm³/mol. The second kappa shape index (κ2) is 6.44. The number of hydrogen-bond donors (Lipinski definition) is 2. The fourth-order valence-corrected chi connectivity index (χ4v) is 1.68. The number of hydrogen-bond acceptors (Lipinski definition) is 3. The van der Waals surface area contributed by atoms with Gasteiger partial charge in [0.05, 0.1) is 19.1 Å². The number of rotatable bonds is 4. The van der Waals surface area contributed by atoms with E-state index in [4.69, 9.17) is 9.84 Å². The van der Waals surface area contributed by atoms with Crippen LogP contribution in [0.4, 0.5) is 4.79 Å². The first kappa shape index (κ1) is 13.8. The maximum absolute atomic E-state index is 11.7. The van der Waals surface area contributed by atoms with E-state index in [0.717, 1.165) is 0 Å². The lowest BCUT2D eigenvalue weighted by atomic mass is 9.96. The van der Waals surface area contributed by atoms with Gasteiger partial charge in [0.2, 0.25) is 0 Å². The highest BCUT2D eigenvalue weighted by molar-refractivity contribution is 5.76. The van der Waals surface area contributed by atoms with Gasteiger partial charge in [-0.15, -0.1) is 0 Å². The van der Waals surface area contributed by atoms with Crippen LogP contribution in [-0.4, -0.2) is 54.9 Å². The van der Waals surface area contributed by atoms with Crippen LogP contribution >= 0.6 is 0 Å². The largest absolute Gasteiger partial charge is 0.481 e. The third-order valence-corrected chi connectivity index (χ3v) is 2.89. The molecule has 0 aromatic heterocycles.